The minimum Gasteiger partial charge on any atom is -0.338 e. The number of carbonyl (C=O) groups excluding carboxylic acids is 2. The van der Waals surface area contributed by atoms with Crippen molar-refractivity contribution in [1.82, 2.24) is 9.88 Å². The molecule has 124 valence electrons. The van der Waals surface area contributed by atoms with E-state index in [2.05, 4.69) is 10.3 Å². The molecule has 2 heterocycles. The molecule has 2 aromatic heterocycles. The van der Waals surface area contributed by atoms with Gasteiger partial charge in [0.25, 0.3) is 5.91 Å². The number of anilines is 1. The predicted octanol–water partition coefficient (Wildman–Crippen LogP) is 3.64. The largest absolute Gasteiger partial charge is 0.338 e. The quantitative estimate of drug-likeness (QED) is 0.864. The first-order valence-electron chi connectivity index (χ1n) is 7.49. The molecule has 0 unspecified atom stereocenters. The van der Waals surface area contributed by atoms with Crippen LogP contribution >= 0.6 is 22.7 Å². The highest BCUT2D eigenvalue weighted by Crippen LogP contribution is 2.19. The van der Waals surface area contributed by atoms with Gasteiger partial charge < -0.3 is 4.90 Å². The van der Waals surface area contributed by atoms with Gasteiger partial charge >= 0.3 is 0 Å². The highest BCUT2D eigenvalue weighted by atomic mass is 32.1. The van der Waals surface area contributed by atoms with E-state index in [1.54, 1.807) is 6.07 Å². The first-order valence-corrected chi connectivity index (χ1v) is 9.24. The van der Waals surface area contributed by atoms with E-state index in [1.807, 2.05) is 49.4 Å². The second kappa shape index (κ2) is 7.70. The Hall–Kier alpha value is -1.73. The summed E-state index contributed by atoms with van der Waals surface area (Å²) in [5.74, 6) is -0.116. The number of aromatic nitrogens is 1. The van der Waals surface area contributed by atoms with Gasteiger partial charge in [-0.25, -0.2) is 4.98 Å². The monoisotopic (exact) mass is 351 g/mol. The molecule has 0 bridgehead atoms. The van der Waals surface area contributed by atoms with Crippen molar-refractivity contribution >= 4 is 39.6 Å². The summed E-state index contributed by atoms with van der Waals surface area (Å²) in [7, 11) is 0. The van der Waals surface area contributed by atoms with Crippen LogP contribution in [0.2, 0.25) is 0 Å². The number of rotatable bonds is 6. The summed E-state index contributed by atoms with van der Waals surface area (Å²) in [6.07, 6.45) is 0.252. The van der Waals surface area contributed by atoms with Crippen LogP contribution in [0.3, 0.4) is 0 Å². The van der Waals surface area contributed by atoms with Crippen LogP contribution in [-0.4, -0.2) is 33.8 Å². The van der Waals surface area contributed by atoms with Gasteiger partial charge in [-0.05, 0) is 39.1 Å². The van der Waals surface area contributed by atoms with Gasteiger partial charge in [0.2, 0.25) is 5.91 Å². The molecule has 0 fully saturated rings. The molecule has 0 aliphatic rings. The van der Waals surface area contributed by atoms with Gasteiger partial charge in [0.1, 0.15) is 0 Å². The van der Waals surface area contributed by atoms with Crippen molar-refractivity contribution in [3.63, 3.8) is 0 Å². The lowest BCUT2D eigenvalue weighted by atomic mass is 10.2. The molecule has 0 atom stereocenters. The van der Waals surface area contributed by atoms with Gasteiger partial charge in [-0.2, -0.15) is 0 Å². The molecule has 0 aliphatic carbocycles. The number of amides is 2. The van der Waals surface area contributed by atoms with Crippen LogP contribution in [0.4, 0.5) is 5.13 Å². The molecule has 0 radical (unpaired) electrons. The SMILES string of the molecule is CC(C)N(C(=O)Cc1csc(NC(=O)c2cccs2)n1)C(C)C. The van der Waals surface area contributed by atoms with Crippen molar-refractivity contribution < 1.29 is 9.59 Å². The van der Waals surface area contributed by atoms with Crippen molar-refractivity contribution in [3.05, 3.63) is 33.5 Å². The van der Waals surface area contributed by atoms with Crippen LogP contribution in [0.25, 0.3) is 0 Å². The average molecular weight is 351 g/mol. The van der Waals surface area contributed by atoms with Crippen LogP contribution in [0.15, 0.2) is 22.9 Å². The molecule has 0 aromatic carbocycles. The van der Waals surface area contributed by atoms with E-state index in [0.717, 1.165) is 0 Å². The predicted molar refractivity (Wildman–Crippen MR) is 95.2 cm³/mol. The van der Waals surface area contributed by atoms with Crippen LogP contribution in [0.5, 0.6) is 0 Å². The summed E-state index contributed by atoms with van der Waals surface area (Å²) in [5.41, 5.74) is 0.688. The normalized spacial score (nSPS) is 11.0. The molecule has 23 heavy (non-hydrogen) atoms. The maximum absolute atomic E-state index is 12.4. The van der Waals surface area contributed by atoms with Crippen LogP contribution < -0.4 is 5.32 Å². The molecule has 0 saturated carbocycles. The number of thiophene rings is 1. The third-order valence-corrected chi connectivity index (χ3v) is 4.93. The van der Waals surface area contributed by atoms with Crippen molar-refractivity contribution in [3.8, 4) is 0 Å². The van der Waals surface area contributed by atoms with Gasteiger partial charge in [0.05, 0.1) is 17.0 Å². The molecule has 1 N–H and O–H groups in total. The van der Waals surface area contributed by atoms with Crippen molar-refractivity contribution in [2.45, 2.75) is 46.2 Å². The lowest BCUT2D eigenvalue weighted by Gasteiger charge is -2.30. The van der Waals surface area contributed by atoms with E-state index in [9.17, 15) is 9.59 Å². The number of thiazole rings is 1. The van der Waals surface area contributed by atoms with Crippen LogP contribution in [0, 0.1) is 0 Å². The smallest absolute Gasteiger partial charge is 0.267 e. The van der Waals surface area contributed by atoms with Gasteiger partial charge in [-0.15, -0.1) is 22.7 Å². The van der Waals surface area contributed by atoms with E-state index in [4.69, 9.17) is 0 Å². The summed E-state index contributed by atoms with van der Waals surface area (Å²) >= 11 is 2.72. The maximum Gasteiger partial charge on any atom is 0.267 e. The second-order valence-electron chi connectivity index (χ2n) is 5.74. The first-order chi connectivity index (χ1) is 10.9. The highest BCUT2D eigenvalue weighted by Gasteiger charge is 2.21. The highest BCUT2D eigenvalue weighted by molar-refractivity contribution is 7.14. The second-order valence-corrected chi connectivity index (χ2v) is 7.55. The Balaban J connectivity index is 1.99. The molecule has 2 aromatic rings. The Morgan fingerprint density at radius 2 is 1.91 bits per heavy atom. The van der Waals surface area contributed by atoms with E-state index in [-0.39, 0.29) is 30.3 Å². The number of hydrogen-bond donors (Lipinski definition) is 1. The van der Waals surface area contributed by atoms with Crippen molar-refractivity contribution in [1.29, 1.82) is 0 Å². The van der Waals surface area contributed by atoms with Gasteiger partial charge in [0, 0.05) is 17.5 Å². The zero-order valence-electron chi connectivity index (χ0n) is 13.7. The zero-order chi connectivity index (χ0) is 17.0. The summed E-state index contributed by atoms with van der Waals surface area (Å²) in [5, 5.41) is 6.96. The van der Waals surface area contributed by atoms with E-state index >= 15 is 0 Å². The zero-order valence-corrected chi connectivity index (χ0v) is 15.3. The molecule has 2 amide bonds. The Labute approximate surface area is 144 Å². The van der Waals surface area contributed by atoms with Crippen LogP contribution in [0.1, 0.15) is 43.1 Å². The van der Waals surface area contributed by atoms with E-state index in [0.29, 0.717) is 15.7 Å². The fourth-order valence-corrected chi connectivity index (χ4v) is 3.75. The van der Waals surface area contributed by atoms with Gasteiger partial charge in [-0.1, -0.05) is 6.07 Å². The summed E-state index contributed by atoms with van der Waals surface area (Å²) < 4.78 is 0. The Morgan fingerprint density at radius 3 is 2.48 bits per heavy atom. The lowest BCUT2D eigenvalue weighted by Crippen LogP contribution is -2.42. The molecule has 0 spiro atoms. The minimum absolute atomic E-state index is 0.0523. The van der Waals surface area contributed by atoms with E-state index < -0.39 is 0 Å². The fourth-order valence-electron chi connectivity index (χ4n) is 2.43. The summed E-state index contributed by atoms with van der Waals surface area (Å²) in [6, 6.07) is 3.90. The van der Waals surface area contributed by atoms with Crippen molar-refractivity contribution in [2.24, 2.45) is 0 Å². The number of carbonyl (C=O) groups is 2. The van der Waals surface area contributed by atoms with Crippen molar-refractivity contribution in [2.75, 3.05) is 5.32 Å². The van der Waals surface area contributed by atoms with Gasteiger partial charge in [0.15, 0.2) is 5.13 Å². The molecular formula is C16H21N3O2S2. The maximum atomic E-state index is 12.4. The topological polar surface area (TPSA) is 62.3 Å². The van der Waals surface area contributed by atoms with Gasteiger partial charge in [-0.3, -0.25) is 14.9 Å². The first kappa shape index (κ1) is 17.6. The third kappa shape index (κ3) is 4.62. The molecular weight excluding hydrogens is 330 g/mol. The third-order valence-electron chi connectivity index (χ3n) is 3.25. The minimum atomic E-state index is -0.168. The standard InChI is InChI=1S/C16H21N3O2S2/c1-10(2)19(11(3)4)14(20)8-12-9-23-16(17-12)18-15(21)13-6-5-7-22-13/h5-7,9-11H,8H2,1-4H3,(H,17,18,21). The number of nitrogens with one attached hydrogen (secondary N) is 1. The molecule has 0 saturated heterocycles. The van der Waals surface area contributed by atoms with E-state index in [1.165, 1.54) is 22.7 Å². The Kier molecular flexibility index (Phi) is 5.90. The Morgan fingerprint density at radius 1 is 1.22 bits per heavy atom. The van der Waals surface area contributed by atoms with Crippen LogP contribution in [-0.2, 0) is 11.2 Å². The lowest BCUT2D eigenvalue weighted by molar-refractivity contribution is -0.134. The number of nitrogens with zero attached hydrogens (tertiary/aromatic N) is 2. The fraction of sp³-hybridized carbons (Fsp3) is 0.438. The summed E-state index contributed by atoms with van der Waals surface area (Å²) in [4.78, 5) is 31.2. The number of hydrogen-bond acceptors (Lipinski definition) is 5. The molecule has 0 aliphatic heterocycles. The molecule has 7 heteroatoms. The average Bonchev–Trinajstić information content (AvgIpc) is 3.09. The molecule has 2 rings (SSSR count). The summed E-state index contributed by atoms with van der Waals surface area (Å²) in [6.45, 7) is 8.02. The molecule has 5 nitrogen and oxygen atoms in total. The Bertz CT molecular complexity index is 655.